The van der Waals surface area contributed by atoms with E-state index in [1.807, 2.05) is 0 Å². The molecule has 0 aliphatic carbocycles. The third-order valence-electron chi connectivity index (χ3n) is 2.47. The minimum atomic E-state index is -1.03. The van der Waals surface area contributed by atoms with Crippen molar-refractivity contribution in [3.63, 3.8) is 0 Å². The van der Waals surface area contributed by atoms with Gasteiger partial charge in [0.2, 0.25) is 0 Å². The molecule has 1 aromatic rings. The van der Waals surface area contributed by atoms with E-state index in [-0.39, 0.29) is 12.1 Å². The molecule has 0 fully saturated rings. The fourth-order valence-corrected chi connectivity index (χ4v) is 1.67. The highest BCUT2D eigenvalue weighted by atomic mass is 19.1. The van der Waals surface area contributed by atoms with E-state index in [1.165, 1.54) is 23.1 Å². The van der Waals surface area contributed by atoms with Gasteiger partial charge in [0.1, 0.15) is 5.82 Å². The summed E-state index contributed by atoms with van der Waals surface area (Å²) in [6, 6.07) is 3.88. The van der Waals surface area contributed by atoms with E-state index >= 15 is 0 Å². The molecule has 0 saturated heterocycles. The van der Waals surface area contributed by atoms with Gasteiger partial charge in [-0.05, 0) is 39.0 Å². The lowest BCUT2D eigenvalue weighted by Gasteiger charge is -2.28. The first-order valence-electron chi connectivity index (χ1n) is 5.81. The Morgan fingerprint density at radius 3 is 2.61 bits per heavy atom. The van der Waals surface area contributed by atoms with Crippen molar-refractivity contribution >= 4 is 11.6 Å². The molecule has 3 N–H and O–H groups in total. The Morgan fingerprint density at radius 1 is 1.50 bits per heavy atom. The standard InChI is InChI=1S/C13H19FN2O2/c1-4-16(8-13(2,3)18)12(17)10-7-9(15)5-6-11(10)14/h5-7,18H,4,8,15H2,1-3H3. The maximum Gasteiger partial charge on any atom is 0.256 e. The first-order chi connectivity index (χ1) is 8.24. The van der Waals surface area contributed by atoms with E-state index < -0.39 is 17.3 Å². The molecule has 1 rings (SSSR count). The van der Waals surface area contributed by atoms with Crippen molar-refractivity contribution < 1.29 is 14.3 Å². The van der Waals surface area contributed by atoms with Crippen molar-refractivity contribution in [1.82, 2.24) is 4.90 Å². The SMILES string of the molecule is CCN(CC(C)(C)O)C(=O)c1cc(N)ccc1F. The number of anilines is 1. The zero-order valence-electron chi connectivity index (χ0n) is 10.9. The lowest BCUT2D eigenvalue weighted by atomic mass is 10.1. The molecule has 0 aliphatic heterocycles. The molecule has 1 aromatic carbocycles. The molecule has 100 valence electrons. The number of nitrogens with zero attached hydrogens (tertiary/aromatic N) is 1. The van der Waals surface area contributed by atoms with Gasteiger partial charge in [-0.25, -0.2) is 4.39 Å². The lowest BCUT2D eigenvalue weighted by molar-refractivity contribution is 0.0312. The number of aliphatic hydroxyl groups is 1. The quantitative estimate of drug-likeness (QED) is 0.803. The van der Waals surface area contributed by atoms with Crippen molar-refractivity contribution in [3.8, 4) is 0 Å². The molecule has 0 bridgehead atoms. The Morgan fingerprint density at radius 2 is 2.11 bits per heavy atom. The zero-order valence-corrected chi connectivity index (χ0v) is 10.9. The summed E-state index contributed by atoms with van der Waals surface area (Å²) in [5.41, 5.74) is 4.79. The molecule has 0 aromatic heterocycles. The molecule has 18 heavy (non-hydrogen) atoms. The largest absolute Gasteiger partial charge is 0.399 e. The molecule has 0 heterocycles. The van der Waals surface area contributed by atoms with E-state index in [2.05, 4.69) is 0 Å². The van der Waals surface area contributed by atoms with Crippen LogP contribution in [0.2, 0.25) is 0 Å². The van der Waals surface area contributed by atoms with Crippen LogP contribution in [0.4, 0.5) is 10.1 Å². The predicted octanol–water partition coefficient (Wildman–Crippen LogP) is 1.64. The number of rotatable bonds is 4. The van der Waals surface area contributed by atoms with Crippen LogP contribution in [0, 0.1) is 5.82 Å². The van der Waals surface area contributed by atoms with Crippen LogP contribution in [0.5, 0.6) is 0 Å². The number of nitrogens with two attached hydrogens (primary N) is 1. The van der Waals surface area contributed by atoms with Gasteiger partial charge in [-0.2, -0.15) is 0 Å². The molecule has 0 atom stereocenters. The van der Waals surface area contributed by atoms with Crippen molar-refractivity contribution in [1.29, 1.82) is 0 Å². The number of carbonyl (C=O) groups is 1. The second-order valence-electron chi connectivity index (χ2n) is 4.87. The summed E-state index contributed by atoms with van der Waals surface area (Å²) in [5, 5.41) is 9.73. The highest BCUT2D eigenvalue weighted by Crippen LogP contribution is 2.16. The molecule has 5 heteroatoms. The number of hydrogen-bond acceptors (Lipinski definition) is 3. The maximum atomic E-state index is 13.6. The number of benzene rings is 1. The van der Waals surface area contributed by atoms with Crippen LogP contribution < -0.4 is 5.73 Å². The number of hydrogen-bond donors (Lipinski definition) is 2. The van der Waals surface area contributed by atoms with Crippen molar-refractivity contribution in [2.75, 3.05) is 18.8 Å². The number of amides is 1. The van der Waals surface area contributed by atoms with Crippen LogP contribution in [0.25, 0.3) is 0 Å². The highest BCUT2D eigenvalue weighted by molar-refractivity contribution is 5.95. The van der Waals surface area contributed by atoms with Crippen molar-refractivity contribution in [3.05, 3.63) is 29.6 Å². The van der Waals surface area contributed by atoms with Crippen LogP contribution in [0.15, 0.2) is 18.2 Å². The Bertz CT molecular complexity index is 441. The van der Waals surface area contributed by atoms with E-state index in [9.17, 15) is 14.3 Å². The summed E-state index contributed by atoms with van der Waals surface area (Å²) in [5.74, 6) is -1.08. The van der Waals surface area contributed by atoms with Crippen LogP contribution >= 0.6 is 0 Å². The minimum Gasteiger partial charge on any atom is -0.399 e. The van der Waals surface area contributed by atoms with Crippen molar-refractivity contribution in [2.24, 2.45) is 0 Å². The van der Waals surface area contributed by atoms with Gasteiger partial charge in [0.25, 0.3) is 5.91 Å². The van der Waals surface area contributed by atoms with Gasteiger partial charge in [0.15, 0.2) is 0 Å². The van der Waals surface area contributed by atoms with Gasteiger partial charge in [-0.3, -0.25) is 4.79 Å². The van der Waals surface area contributed by atoms with E-state index in [0.29, 0.717) is 12.2 Å². The average Bonchev–Trinajstić information content (AvgIpc) is 2.27. The Hall–Kier alpha value is -1.62. The summed E-state index contributed by atoms with van der Waals surface area (Å²) < 4.78 is 13.6. The third-order valence-corrected chi connectivity index (χ3v) is 2.47. The monoisotopic (exact) mass is 254 g/mol. The Labute approximate surface area is 106 Å². The second kappa shape index (κ2) is 5.35. The number of nitrogen functional groups attached to an aromatic ring is 1. The maximum absolute atomic E-state index is 13.6. The van der Waals surface area contributed by atoms with Gasteiger partial charge in [-0.1, -0.05) is 0 Å². The van der Waals surface area contributed by atoms with E-state index in [0.717, 1.165) is 0 Å². The van der Waals surface area contributed by atoms with Crippen LogP contribution in [-0.2, 0) is 0 Å². The molecule has 0 saturated carbocycles. The summed E-state index contributed by atoms with van der Waals surface area (Å²) in [6.07, 6.45) is 0. The molecule has 4 nitrogen and oxygen atoms in total. The molecule has 0 spiro atoms. The molecular formula is C13H19FN2O2. The molecule has 0 radical (unpaired) electrons. The fourth-order valence-electron chi connectivity index (χ4n) is 1.67. The van der Waals surface area contributed by atoms with E-state index in [4.69, 9.17) is 5.73 Å². The highest BCUT2D eigenvalue weighted by Gasteiger charge is 2.24. The van der Waals surface area contributed by atoms with Crippen molar-refractivity contribution in [2.45, 2.75) is 26.4 Å². The number of carbonyl (C=O) groups excluding carboxylic acids is 1. The van der Waals surface area contributed by atoms with Gasteiger partial charge in [-0.15, -0.1) is 0 Å². The van der Waals surface area contributed by atoms with Crippen LogP contribution in [0.1, 0.15) is 31.1 Å². The van der Waals surface area contributed by atoms with Gasteiger partial charge >= 0.3 is 0 Å². The smallest absolute Gasteiger partial charge is 0.256 e. The lowest BCUT2D eigenvalue weighted by Crippen LogP contribution is -2.42. The summed E-state index contributed by atoms with van der Waals surface area (Å²) in [7, 11) is 0. The first-order valence-corrected chi connectivity index (χ1v) is 5.81. The first kappa shape index (κ1) is 14.4. The second-order valence-corrected chi connectivity index (χ2v) is 4.87. The Kier molecular flexibility index (Phi) is 4.29. The molecule has 0 unspecified atom stereocenters. The zero-order chi connectivity index (χ0) is 13.9. The predicted molar refractivity (Wildman–Crippen MR) is 68.7 cm³/mol. The third kappa shape index (κ3) is 3.70. The average molecular weight is 254 g/mol. The fraction of sp³-hybridized carbons (Fsp3) is 0.462. The Balaban J connectivity index is 3.00. The van der Waals surface area contributed by atoms with Crippen LogP contribution in [0.3, 0.4) is 0 Å². The molecule has 1 amide bonds. The number of halogens is 1. The topological polar surface area (TPSA) is 66.6 Å². The number of likely N-dealkylation sites (N-methyl/N-ethyl adjacent to an activating group) is 1. The molecular weight excluding hydrogens is 235 g/mol. The van der Waals surface area contributed by atoms with Gasteiger partial charge in [0, 0.05) is 18.8 Å². The van der Waals surface area contributed by atoms with Gasteiger partial charge in [0.05, 0.1) is 11.2 Å². The molecule has 0 aliphatic rings. The van der Waals surface area contributed by atoms with Gasteiger partial charge < -0.3 is 15.7 Å². The minimum absolute atomic E-state index is 0.0684. The summed E-state index contributed by atoms with van der Waals surface area (Å²) in [6.45, 7) is 5.48. The van der Waals surface area contributed by atoms with Crippen LogP contribution in [-0.4, -0.2) is 34.6 Å². The summed E-state index contributed by atoms with van der Waals surface area (Å²) >= 11 is 0. The van der Waals surface area contributed by atoms with E-state index in [1.54, 1.807) is 20.8 Å². The summed E-state index contributed by atoms with van der Waals surface area (Å²) in [4.78, 5) is 13.5. The normalized spacial score (nSPS) is 11.4.